The van der Waals surface area contributed by atoms with Crippen molar-refractivity contribution >= 4 is 33.0 Å². The Labute approximate surface area is 139 Å². The van der Waals surface area contributed by atoms with E-state index >= 15 is 0 Å². The van der Waals surface area contributed by atoms with Gasteiger partial charge in [0.1, 0.15) is 4.21 Å². The maximum Gasteiger partial charge on any atom is 0.416 e. The minimum atomic E-state index is -4.64. The van der Waals surface area contributed by atoms with Crippen molar-refractivity contribution < 1.29 is 26.7 Å². The van der Waals surface area contributed by atoms with Crippen molar-refractivity contribution in [3.8, 4) is 0 Å². The van der Waals surface area contributed by atoms with E-state index in [2.05, 4.69) is 4.72 Å². The molecular weight excluding hydrogens is 375 g/mol. The lowest BCUT2D eigenvalue weighted by Crippen LogP contribution is -2.29. The van der Waals surface area contributed by atoms with Crippen LogP contribution in [-0.2, 0) is 16.2 Å². The van der Waals surface area contributed by atoms with Crippen LogP contribution in [0.25, 0.3) is 0 Å². The van der Waals surface area contributed by atoms with Crippen molar-refractivity contribution in [3.63, 3.8) is 0 Å². The highest BCUT2D eigenvalue weighted by molar-refractivity contribution is 7.91. The highest BCUT2D eigenvalue weighted by Crippen LogP contribution is 2.34. The summed E-state index contributed by atoms with van der Waals surface area (Å²) in [7, 11) is -3.95. The van der Waals surface area contributed by atoms with Gasteiger partial charge in [0.15, 0.2) is 0 Å². The average Bonchev–Trinajstić information content (AvgIpc) is 2.91. The third-order valence-electron chi connectivity index (χ3n) is 2.91. The third kappa shape index (κ3) is 4.45. The number of sulfonamides is 1. The molecule has 0 fully saturated rings. The Hall–Kier alpha value is -1.13. The van der Waals surface area contributed by atoms with Crippen LogP contribution in [-0.4, -0.2) is 20.1 Å². The van der Waals surface area contributed by atoms with Crippen LogP contribution in [0, 0.1) is 0 Å². The van der Waals surface area contributed by atoms with E-state index in [1.165, 1.54) is 24.3 Å². The number of aliphatic hydroxyl groups excluding tert-OH is 1. The Kier molecular flexibility index (Phi) is 5.37. The number of rotatable bonds is 5. The summed E-state index contributed by atoms with van der Waals surface area (Å²) in [6.45, 7) is -0.592. The molecule has 2 rings (SSSR count). The molecule has 0 aliphatic heterocycles. The fourth-order valence-corrected chi connectivity index (χ4v) is 4.42. The van der Waals surface area contributed by atoms with Crippen LogP contribution in [0.3, 0.4) is 0 Å². The molecule has 1 unspecified atom stereocenters. The van der Waals surface area contributed by atoms with Crippen molar-refractivity contribution in [1.82, 2.24) is 4.72 Å². The van der Waals surface area contributed by atoms with E-state index in [1.807, 2.05) is 0 Å². The molecule has 0 saturated carbocycles. The molecule has 126 valence electrons. The molecule has 0 saturated heterocycles. The van der Waals surface area contributed by atoms with E-state index in [1.54, 1.807) is 0 Å². The summed E-state index contributed by atoms with van der Waals surface area (Å²) in [5, 5.41) is 9.93. The maximum absolute atomic E-state index is 12.9. The molecule has 4 nitrogen and oxygen atoms in total. The molecule has 0 bridgehead atoms. The molecule has 0 aliphatic carbocycles. The van der Waals surface area contributed by atoms with Crippen molar-refractivity contribution in [3.05, 3.63) is 51.9 Å². The molecule has 23 heavy (non-hydrogen) atoms. The first kappa shape index (κ1) is 18.2. The molecule has 2 N–H and O–H groups in total. The molecule has 0 radical (unpaired) electrons. The molecule has 10 heteroatoms. The minimum Gasteiger partial charge on any atom is -0.387 e. The summed E-state index contributed by atoms with van der Waals surface area (Å²) in [6, 6.07) is 7.11. The van der Waals surface area contributed by atoms with E-state index in [0.29, 0.717) is 0 Å². The normalized spacial score (nSPS) is 14.0. The van der Waals surface area contributed by atoms with E-state index in [0.717, 1.165) is 23.5 Å². The first-order valence-electron chi connectivity index (χ1n) is 6.20. The largest absolute Gasteiger partial charge is 0.416 e. The quantitative estimate of drug-likeness (QED) is 0.828. The Balaban J connectivity index is 2.16. The summed E-state index contributed by atoms with van der Waals surface area (Å²) >= 11 is 6.45. The first-order chi connectivity index (χ1) is 10.6. The van der Waals surface area contributed by atoms with Gasteiger partial charge in [-0.15, -0.1) is 11.3 Å². The molecular formula is C13H11ClF3NO3S2. The van der Waals surface area contributed by atoms with Crippen LogP contribution in [0.15, 0.2) is 40.6 Å². The fraction of sp³-hybridized carbons (Fsp3) is 0.231. The lowest BCUT2D eigenvalue weighted by atomic mass is 10.0. The second kappa shape index (κ2) is 6.78. The molecule has 1 heterocycles. The highest BCUT2D eigenvalue weighted by Gasteiger charge is 2.34. The number of nitrogens with one attached hydrogen (secondary N) is 1. The van der Waals surface area contributed by atoms with Crippen LogP contribution in [0.2, 0.25) is 4.34 Å². The summed E-state index contributed by atoms with van der Waals surface area (Å²) in [5.74, 6) is 0. The van der Waals surface area contributed by atoms with E-state index in [-0.39, 0.29) is 8.55 Å². The monoisotopic (exact) mass is 385 g/mol. The van der Waals surface area contributed by atoms with Gasteiger partial charge in [0.05, 0.1) is 16.0 Å². The minimum absolute atomic E-state index is 0.0844. The van der Waals surface area contributed by atoms with Crippen molar-refractivity contribution in [2.24, 2.45) is 0 Å². The molecule has 2 aromatic rings. The van der Waals surface area contributed by atoms with Gasteiger partial charge in [0, 0.05) is 6.54 Å². The predicted molar refractivity (Wildman–Crippen MR) is 80.9 cm³/mol. The first-order valence-corrected chi connectivity index (χ1v) is 8.88. The SMILES string of the molecule is O=S(=O)(NCC(O)c1ccccc1C(F)(F)F)c1ccc(Cl)s1. The molecule has 1 aromatic carbocycles. The van der Waals surface area contributed by atoms with Gasteiger partial charge in [-0.1, -0.05) is 29.8 Å². The number of halogens is 4. The van der Waals surface area contributed by atoms with Crippen molar-refractivity contribution in [1.29, 1.82) is 0 Å². The highest BCUT2D eigenvalue weighted by atomic mass is 35.5. The summed E-state index contributed by atoms with van der Waals surface area (Å²) < 4.78 is 64.8. The molecule has 0 amide bonds. The molecule has 0 aliphatic rings. The van der Waals surface area contributed by atoms with Gasteiger partial charge in [-0.05, 0) is 23.8 Å². The van der Waals surface area contributed by atoms with Crippen LogP contribution in [0.4, 0.5) is 13.2 Å². The second-order valence-corrected chi connectivity index (χ2v) is 8.22. The van der Waals surface area contributed by atoms with Gasteiger partial charge in [-0.2, -0.15) is 13.2 Å². The molecule has 1 aromatic heterocycles. The second-order valence-electron chi connectivity index (χ2n) is 4.51. The van der Waals surface area contributed by atoms with Gasteiger partial charge < -0.3 is 5.11 Å². The zero-order valence-electron chi connectivity index (χ0n) is 11.3. The summed E-state index contributed by atoms with van der Waals surface area (Å²) in [5.41, 5.74) is -1.40. The van der Waals surface area contributed by atoms with Crippen LogP contribution < -0.4 is 4.72 Å². The summed E-state index contributed by atoms with van der Waals surface area (Å²) in [6.07, 6.45) is -6.28. The molecule has 0 spiro atoms. The van der Waals surface area contributed by atoms with Crippen molar-refractivity contribution in [2.75, 3.05) is 6.54 Å². The molecule has 1 atom stereocenters. The zero-order chi connectivity index (χ0) is 17.3. The number of benzene rings is 1. The van der Waals surface area contributed by atoms with Crippen molar-refractivity contribution in [2.45, 2.75) is 16.5 Å². The lowest BCUT2D eigenvalue weighted by Gasteiger charge is -2.17. The average molecular weight is 386 g/mol. The van der Waals surface area contributed by atoms with Gasteiger partial charge in [0.25, 0.3) is 0 Å². The Morgan fingerprint density at radius 1 is 1.22 bits per heavy atom. The Bertz CT molecular complexity index is 790. The number of aliphatic hydroxyl groups is 1. The number of thiophene rings is 1. The number of hydrogen-bond acceptors (Lipinski definition) is 4. The smallest absolute Gasteiger partial charge is 0.387 e. The van der Waals surface area contributed by atoms with E-state index in [9.17, 15) is 26.7 Å². The summed E-state index contributed by atoms with van der Waals surface area (Å²) in [4.78, 5) is 0. The van der Waals surface area contributed by atoms with Crippen LogP contribution in [0.5, 0.6) is 0 Å². The third-order valence-corrected chi connectivity index (χ3v) is 6.05. The van der Waals surface area contributed by atoms with Crippen LogP contribution >= 0.6 is 22.9 Å². The predicted octanol–water partition coefficient (Wildman–Crippen LogP) is 3.43. The number of alkyl halides is 3. The topological polar surface area (TPSA) is 66.4 Å². The van der Waals surface area contributed by atoms with E-state index < -0.39 is 40.0 Å². The standard InChI is InChI=1S/C13H11ClF3NO3S2/c14-11-5-6-12(22-11)23(20,21)18-7-10(19)8-3-1-2-4-9(8)13(15,16)17/h1-6,10,18-19H,7H2. The van der Waals surface area contributed by atoms with E-state index in [4.69, 9.17) is 11.6 Å². The lowest BCUT2D eigenvalue weighted by molar-refractivity contribution is -0.139. The number of hydrogen-bond donors (Lipinski definition) is 2. The fourth-order valence-electron chi connectivity index (χ4n) is 1.86. The van der Waals surface area contributed by atoms with Gasteiger partial charge in [0.2, 0.25) is 10.0 Å². The van der Waals surface area contributed by atoms with Crippen LogP contribution in [0.1, 0.15) is 17.2 Å². The Morgan fingerprint density at radius 3 is 2.43 bits per heavy atom. The van der Waals surface area contributed by atoms with Gasteiger partial charge >= 0.3 is 6.18 Å². The van der Waals surface area contributed by atoms with Gasteiger partial charge in [-0.3, -0.25) is 0 Å². The Morgan fingerprint density at radius 2 is 1.87 bits per heavy atom. The zero-order valence-corrected chi connectivity index (χ0v) is 13.7. The maximum atomic E-state index is 12.9. The van der Waals surface area contributed by atoms with Gasteiger partial charge in [-0.25, -0.2) is 13.1 Å².